The van der Waals surface area contributed by atoms with Crippen LogP contribution in [0.2, 0.25) is 0 Å². The SMILES string of the molecule is CCCCCCCCCCCCCCCCCC[N+](CCO)(CCO)CCCO.[Br-]. The maximum absolute atomic E-state index is 9.40. The highest BCUT2D eigenvalue weighted by atomic mass is 79.9. The molecule has 0 bridgehead atoms. The quantitative estimate of drug-likeness (QED) is 0.142. The molecule has 0 aliphatic heterocycles. The fraction of sp³-hybridized carbons (Fsp3) is 1.00. The number of unbranched alkanes of at least 4 members (excludes halogenated alkanes) is 15. The lowest BCUT2D eigenvalue weighted by Gasteiger charge is -2.38. The molecule has 0 atom stereocenters. The molecule has 0 aromatic rings. The van der Waals surface area contributed by atoms with E-state index in [9.17, 15) is 10.2 Å². The van der Waals surface area contributed by atoms with E-state index < -0.39 is 0 Å². The van der Waals surface area contributed by atoms with Gasteiger partial charge < -0.3 is 36.8 Å². The van der Waals surface area contributed by atoms with Gasteiger partial charge in [0, 0.05) is 13.0 Å². The van der Waals surface area contributed by atoms with Crippen LogP contribution in [0.3, 0.4) is 0 Å². The van der Waals surface area contributed by atoms with Gasteiger partial charge in [-0.3, -0.25) is 0 Å². The predicted octanol–water partition coefficient (Wildman–Crippen LogP) is 2.44. The highest BCUT2D eigenvalue weighted by Gasteiger charge is 2.25. The average molecular weight is 497 g/mol. The molecule has 30 heavy (non-hydrogen) atoms. The van der Waals surface area contributed by atoms with Crippen LogP contribution in [-0.4, -0.2) is 65.8 Å². The highest BCUT2D eigenvalue weighted by Crippen LogP contribution is 2.15. The lowest BCUT2D eigenvalue weighted by atomic mass is 10.0. The van der Waals surface area contributed by atoms with E-state index in [1.54, 1.807) is 0 Å². The molecule has 0 heterocycles. The van der Waals surface area contributed by atoms with Gasteiger partial charge in [0.1, 0.15) is 13.1 Å². The molecule has 0 aliphatic carbocycles. The van der Waals surface area contributed by atoms with Crippen molar-refractivity contribution in [3.63, 3.8) is 0 Å². The minimum atomic E-state index is 0. The zero-order valence-corrected chi connectivity index (χ0v) is 21.7. The standard InChI is InChI=1S/C25H54NO3.BrH/c1-2-3-4-5-6-7-8-9-10-11-12-13-14-15-16-17-19-26(21-24-28,22-25-29)20-18-23-27;/h27-29H,2-25H2,1H3;1H/q+1;/p-1. The van der Waals surface area contributed by atoms with E-state index >= 15 is 0 Å². The molecule has 0 amide bonds. The van der Waals surface area contributed by atoms with Gasteiger partial charge in [-0.25, -0.2) is 0 Å². The summed E-state index contributed by atoms with van der Waals surface area (Å²) in [7, 11) is 0. The van der Waals surface area contributed by atoms with Gasteiger partial charge in [0.05, 0.1) is 26.3 Å². The molecule has 0 saturated carbocycles. The summed E-state index contributed by atoms with van der Waals surface area (Å²) in [5.41, 5.74) is 0. The molecule has 0 spiro atoms. The van der Waals surface area contributed by atoms with Crippen LogP contribution in [-0.2, 0) is 0 Å². The Bertz CT molecular complexity index is 313. The van der Waals surface area contributed by atoms with Crippen LogP contribution in [0.1, 0.15) is 116 Å². The summed E-state index contributed by atoms with van der Waals surface area (Å²) in [5, 5.41) is 27.9. The van der Waals surface area contributed by atoms with Gasteiger partial charge in [0.15, 0.2) is 0 Å². The molecule has 4 nitrogen and oxygen atoms in total. The van der Waals surface area contributed by atoms with Crippen molar-refractivity contribution < 1.29 is 36.8 Å². The Kier molecular flexibility index (Phi) is 27.7. The van der Waals surface area contributed by atoms with Crippen molar-refractivity contribution in [2.45, 2.75) is 116 Å². The minimum Gasteiger partial charge on any atom is -1.00 e. The summed E-state index contributed by atoms with van der Waals surface area (Å²) < 4.78 is 0.756. The highest BCUT2D eigenvalue weighted by molar-refractivity contribution is 4.52. The summed E-state index contributed by atoms with van der Waals surface area (Å²) in [4.78, 5) is 0. The van der Waals surface area contributed by atoms with E-state index in [0.29, 0.717) is 13.1 Å². The number of quaternary nitrogens is 1. The summed E-state index contributed by atoms with van der Waals surface area (Å²) in [6.45, 7) is 6.04. The van der Waals surface area contributed by atoms with Crippen LogP contribution in [0, 0.1) is 0 Å². The first-order valence-corrected chi connectivity index (χ1v) is 12.9. The van der Waals surface area contributed by atoms with Crippen molar-refractivity contribution in [3.8, 4) is 0 Å². The number of hydrogen-bond donors (Lipinski definition) is 3. The largest absolute Gasteiger partial charge is 1.00 e. The Morgan fingerprint density at radius 1 is 0.400 bits per heavy atom. The third-order valence-electron chi connectivity index (χ3n) is 6.43. The molecule has 0 unspecified atom stereocenters. The molecule has 184 valence electrons. The van der Waals surface area contributed by atoms with E-state index in [2.05, 4.69) is 6.92 Å². The third kappa shape index (κ3) is 20.2. The molecule has 0 aromatic heterocycles. The first-order chi connectivity index (χ1) is 14.2. The van der Waals surface area contributed by atoms with Crippen molar-refractivity contribution in [2.75, 3.05) is 46.0 Å². The third-order valence-corrected chi connectivity index (χ3v) is 6.43. The van der Waals surface area contributed by atoms with E-state index in [0.717, 1.165) is 30.4 Å². The molecule has 3 N–H and O–H groups in total. The van der Waals surface area contributed by atoms with Crippen LogP contribution in [0.4, 0.5) is 0 Å². The Balaban J connectivity index is 0. The zero-order valence-electron chi connectivity index (χ0n) is 20.1. The number of rotatable bonds is 24. The van der Waals surface area contributed by atoms with E-state index in [4.69, 9.17) is 5.11 Å². The number of halogens is 1. The van der Waals surface area contributed by atoms with Gasteiger partial charge in [0.25, 0.3) is 0 Å². The summed E-state index contributed by atoms with van der Waals surface area (Å²) in [6, 6.07) is 0. The predicted molar refractivity (Wildman–Crippen MR) is 125 cm³/mol. The van der Waals surface area contributed by atoms with Crippen LogP contribution >= 0.6 is 0 Å². The van der Waals surface area contributed by atoms with Gasteiger partial charge in [-0.1, -0.05) is 96.8 Å². The Hall–Kier alpha value is 0.320. The second-order valence-corrected chi connectivity index (χ2v) is 9.06. The van der Waals surface area contributed by atoms with Crippen molar-refractivity contribution in [1.29, 1.82) is 0 Å². The van der Waals surface area contributed by atoms with Gasteiger partial charge in [-0.05, 0) is 12.8 Å². The van der Waals surface area contributed by atoms with Crippen LogP contribution in [0.25, 0.3) is 0 Å². The summed E-state index contributed by atoms with van der Waals surface area (Å²) >= 11 is 0. The van der Waals surface area contributed by atoms with E-state index in [1.807, 2.05) is 0 Å². The first kappa shape index (κ1) is 32.5. The topological polar surface area (TPSA) is 60.7 Å². The van der Waals surface area contributed by atoms with Gasteiger partial charge in [-0.15, -0.1) is 0 Å². The second kappa shape index (κ2) is 25.6. The summed E-state index contributed by atoms with van der Waals surface area (Å²) in [6.07, 6.45) is 22.8. The average Bonchev–Trinajstić information content (AvgIpc) is 2.72. The smallest absolute Gasteiger partial charge is 0.102 e. The van der Waals surface area contributed by atoms with Crippen molar-refractivity contribution in [3.05, 3.63) is 0 Å². The second-order valence-electron chi connectivity index (χ2n) is 9.06. The molecule has 0 aliphatic rings. The fourth-order valence-corrected chi connectivity index (χ4v) is 4.50. The van der Waals surface area contributed by atoms with Gasteiger partial charge in [0.2, 0.25) is 0 Å². The lowest BCUT2D eigenvalue weighted by molar-refractivity contribution is -0.929. The maximum atomic E-state index is 9.40. The lowest BCUT2D eigenvalue weighted by Crippen LogP contribution is -3.00. The van der Waals surface area contributed by atoms with E-state index in [1.165, 1.54) is 96.3 Å². The van der Waals surface area contributed by atoms with Gasteiger partial charge in [-0.2, -0.15) is 0 Å². The fourth-order valence-electron chi connectivity index (χ4n) is 4.50. The van der Waals surface area contributed by atoms with Crippen molar-refractivity contribution in [1.82, 2.24) is 0 Å². The van der Waals surface area contributed by atoms with Crippen LogP contribution in [0.15, 0.2) is 0 Å². The molecule has 0 rings (SSSR count). The normalized spacial score (nSPS) is 11.6. The Labute approximate surface area is 198 Å². The van der Waals surface area contributed by atoms with E-state index in [-0.39, 0.29) is 36.8 Å². The van der Waals surface area contributed by atoms with Crippen LogP contribution in [0.5, 0.6) is 0 Å². The number of aliphatic hydroxyl groups excluding tert-OH is 3. The van der Waals surface area contributed by atoms with Crippen molar-refractivity contribution >= 4 is 0 Å². The monoisotopic (exact) mass is 495 g/mol. The molecule has 0 aromatic carbocycles. The number of nitrogens with zero attached hydrogens (tertiary/aromatic N) is 1. The molecular weight excluding hydrogens is 442 g/mol. The molecule has 5 heteroatoms. The van der Waals surface area contributed by atoms with Crippen molar-refractivity contribution in [2.24, 2.45) is 0 Å². The molecule has 0 radical (unpaired) electrons. The molecule has 0 saturated heterocycles. The Morgan fingerprint density at radius 3 is 1.07 bits per heavy atom. The molecular formula is C25H54BrNO3. The minimum absolute atomic E-state index is 0. The first-order valence-electron chi connectivity index (χ1n) is 12.9. The molecule has 0 fully saturated rings. The van der Waals surface area contributed by atoms with Crippen LogP contribution < -0.4 is 17.0 Å². The Morgan fingerprint density at radius 2 is 0.733 bits per heavy atom. The summed E-state index contributed by atoms with van der Waals surface area (Å²) in [5.74, 6) is 0. The maximum Gasteiger partial charge on any atom is 0.102 e. The number of hydrogen-bond acceptors (Lipinski definition) is 3. The van der Waals surface area contributed by atoms with Gasteiger partial charge >= 0.3 is 0 Å². The number of aliphatic hydroxyl groups is 3. The zero-order chi connectivity index (χ0) is 21.5.